The third-order valence-corrected chi connectivity index (χ3v) is 6.34. The van der Waals surface area contributed by atoms with Crippen LogP contribution in [0.3, 0.4) is 0 Å². The van der Waals surface area contributed by atoms with E-state index in [1.807, 2.05) is 0 Å². The number of hydrogen-bond donors (Lipinski definition) is 3. The van der Waals surface area contributed by atoms with Crippen LogP contribution in [0, 0.1) is 11.6 Å². The van der Waals surface area contributed by atoms with Gasteiger partial charge in [0.2, 0.25) is 0 Å². The van der Waals surface area contributed by atoms with Crippen molar-refractivity contribution in [1.82, 2.24) is 15.2 Å². The minimum atomic E-state index is -1.15. The van der Waals surface area contributed by atoms with Crippen LogP contribution in [0.15, 0.2) is 36.4 Å². The van der Waals surface area contributed by atoms with E-state index in [1.54, 1.807) is 38.1 Å². The first-order valence-electron chi connectivity index (χ1n) is 10.6. The lowest BCUT2D eigenvalue weighted by Gasteiger charge is -2.32. The van der Waals surface area contributed by atoms with Crippen molar-refractivity contribution in [3.05, 3.63) is 58.6 Å². The maximum Gasteiger partial charge on any atom is 0.413 e. The molecular weight excluding hydrogens is 502 g/mol. The quantitative estimate of drug-likeness (QED) is 0.377. The van der Waals surface area contributed by atoms with Crippen molar-refractivity contribution < 1.29 is 28.2 Å². The SMILES string of the molecule is CN(C(=O)NCc1ccccc1Cl)C(COC(=O)Nc1nc2cc(F)c(F)cc2s1)CC(C)(C)O. The number of likely N-dealkylation sites (N-methyl/N-ethyl adjacent to an activating group) is 1. The fourth-order valence-electron chi connectivity index (χ4n) is 3.26. The summed E-state index contributed by atoms with van der Waals surface area (Å²) in [5.74, 6) is -2.05. The van der Waals surface area contributed by atoms with E-state index in [1.165, 1.54) is 11.9 Å². The third-order valence-electron chi connectivity index (χ3n) is 5.04. The van der Waals surface area contributed by atoms with E-state index in [2.05, 4.69) is 15.6 Å². The monoisotopic (exact) mass is 526 g/mol. The number of carbonyl (C=O) groups is 2. The molecule has 3 N–H and O–H groups in total. The molecule has 1 unspecified atom stereocenters. The van der Waals surface area contributed by atoms with E-state index in [0.717, 1.165) is 29.0 Å². The molecule has 0 radical (unpaired) electrons. The number of urea groups is 1. The number of ether oxygens (including phenoxy) is 1. The Hall–Kier alpha value is -3.02. The van der Waals surface area contributed by atoms with Crippen LogP contribution in [-0.4, -0.2) is 52.4 Å². The highest BCUT2D eigenvalue weighted by atomic mass is 35.5. The molecule has 0 spiro atoms. The summed E-state index contributed by atoms with van der Waals surface area (Å²) in [7, 11) is 1.52. The zero-order valence-electron chi connectivity index (χ0n) is 19.3. The molecule has 3 rings (SSSR count). The van der Waals surface area contributed by atoms with Gasteiger partial charge in [-0.05, 0) is 38.0 Å². The molecule has 0 bridgehead atoms. The van der Waals surface area contributed by atoms with Gasteiger partial charge in [0.15, 0.2) is 16.8 Å². The summed E-state index contributed by atoms with van der Waals surface area (Å²) in [5, 5.41) is 16.1. The van der Waals surface area contributed by atoms with E-state index in [4.69, 9.17) is 16.3 Å². The number of carbonyl (C=O) groups excluding carboxylic acids is 2. The van der Waals surface area contributed by atoms with Gasteiger partial charge < -0.3 is 20.1 Å². The number of rotatable bonds is 8. The van der Waals surface area contributed by atoms with E-state index in [0.29, 0.717) is 9.72 Å². The maximum atomic E-state index is 13.4. The van der Waals surface area contributed by atoms with Gasteiger partial charge in [0.25, 0.3) is 0 Å². The molecule has 1 heterocycles. The minimum absolute atomic E-state index is 0.0971. The molecule has 188 valence electrons. The normalized spacial score (nSPS) is 12.3. The van der Waals surface area contributed by atoms with Crippen molar-refractivity contribution in [3.63, 3.8) is 0 Å². The van der Waals surface area contributed by atoms with Gasteiger partial charge >= 0.3 is 12.1 Å². The second kappa shape index (κ2) is 11.1. The third kappa shape index (κ3) is 7.48. The molecule has 0 aliphatic rings. The predicted molar refractivity (Wildman–Crippen MR) is 131 cm³/mol. The second-order valence-corrected chi connectivity index (χ2v) is 9.95. The van der Waals surface area contributed by atoms with Crippen LogP contribution in [0.5, 0.6) is 0 Å². The first-order valence-corrected chi connectivity index (χ1v) is 11.8. The Morgan fingerprint density at radius 1 is 1.26 bits per heavy atom. The number of nitrogens with one attached hydrogen (secondary N) is 2. The molecule has 0 saturated carbocycles. The number of aliphatic hydroxyl groups is 1. The number of benzene rings is 2. The van der Waals surface area contributed by atoms with Crippen molar-refractivity contribution in [2.75, 3.05) is 19.0 Å². The number of aromatic nitrogens is 1. The maximum absolute atomic E-state index is 13.4. The van der Waals surface area contributed by atoms with Crippen LogP contribution in [-0.2, 0) is 11.3 Å². The van der Waals surface area contributed by atoms with Crippen LogP contribution in [0.2, 0.25) is 5.02 Å². The number of fused-ring (bicyclic) bond motifs is 1. The van der Waals surface area contributed by atoms with Gasteiger partial charge in [0.1, 0.15) is 6.61 Å². The largest absolute Gasteiger partial charge is 0.447 e. The Labute approximate surface area is 209 Å². The van der Waals surface area contributed by atoms with Crippen LogP contribution >= 0.6 is 22.9 Å². The number of amides is 3. The lowest BCUT2D eigenvalue weighted by molar-refractivity contribution is 0.0277. The smallest absolute Gasteiger partial charge is 0.413 e. The van der Waals surface area contributed by atoms with Crippen LogP contribution in [0.1, 0.15) is 25.8 Å². The molecule has 0 aliphatic heterocycles. The van der Waals surface area contributed by atoms with Crippen molar-refractivity contribution >= 4 is 50.4 Å². The van der Waals surface area contributed by atoms with E-state index in [-0.39, 0.29) is 30.2 Å². The van der Waals surface area contributed by atoms with Crippen molar-refractivity contribution in [2.45, 2.75) is 38.5 Å². The van der Waals surface area contributed by atoms with Gasteiger partial charge in [-0.2, -0.15) is 0 Å². The number of halogens is 3. The Bertz CT molecular complexity index is 1180. The predicted octanol–water partition coefficient (Wildman–Crippen LogP) is 5.15. The summed E-state index contributed by atoms with van der Waals surface area (Å²) in [6.45, 7) is 3.13. The highest BCUT2D eigenvalue weighted by Gasteiger charge is 2.28. The molecule has 2 aromatic carbocycles. The minimum Gasteiger partial charge on any atom is -0.447 e. The summed E-state index contributed by atoms with van der Waals surface area (Å²) in [6, 6.07) is 7.92. The topological polar surface area (TPSA) is 104 Å². The average molecular weight is 527 g/mol. The van der Waals surface area contributed by atoms with Crippen molar-refractivity contribution in [1.29, 1.82) is 0 Å². The molecule has 35 heavy (non-hydrogen) atoms. The average Bonchev–Trinajstić information content (AvgIpc) is 3.15. The van der Waals surface area contributed by atoms with Gasteiger partial charge in [-0.3, -0.25) is 5.32 Å². The molecule has 3 aromatic rings. The van der Waals surface area contributed by atoms with Gasteiger partial charge in [-0.1, -0.05) is 41.1 Å². The second-order valence-electron chi connectivity index (χ2n) is 8.51. The zero-order valence-corrected chi connectivity index (χ0v) is 20.8. The molecule has 0 saturated heterocycles. The molecule has 0 aliphatic carbocycles. The molecule has 3 amide bonds. The Balaban J connectivity index is 1.61. The number of nitrogens with zero attached hydrogens (tertiary/aromatic N) is 2. The first kappa shape index (κ1) is 26.6. The van der Waals surface area contributed by atoms with Gasteiger partial charge in [-0.15, -0.1) is 0 Å². The first-order chi connectivity index (χ1) is 16.4. The fourth-order valence-corrected chi connectivity index (χ4v) is 4.32. The summed E-state index contributed by atoms with van der Waals surface area (Å²) in [5.41, 5.74) is -0.219. The lowest BCUT2D eigenvalue weighted by atomic mass is 9.99. The lowest BCUT2D eigenvalue weighted by Crippen LogP contribution is -2.48. The van der Waals surface area contributed by atoms with E-state index in [9.17, 15) is 23.5 Å². The van der Waals surface area contributed by atoms with E-state index >= 15 is 0 Å². The summed E-state index contributed by atoms with van der Waals surface area (Å²) < 4.78 is 32.4. The molecule has 12 heteroatoms. The Morgan fingerprint density at radius 2 is 1.94 bits per heavy atom. The van der Waals surface area contributed by atoms with Crippen LogP contribution < -0.4 is 10.6 Å². The number of thiazole rings is 1. The summed E-state index contributed by atoms with van der Waals surface area (Å²) in [6.07, 6.45) is -0.744. The van der Waals surface area contributed by atoms with Crippen LogP contribution in [0.4, 0.5) is 23.5 Å². The summed E-state index contributed by atoms with van der Waals surface area (Å²) in [4.78, 5) is 30.4. The number of hydrogen-bond acceptors (Lipinski definition) is 6. The van der Waals surface area contributed by atoms with Gasteiger partial charge in [0.05, 0.1) is 21.9 Å². The fraction of sp³-hybridized carbons (Fsp3) is 0.348. The van der Waals surface area contributed by atoms with Crippen molar-refractivity contribution in [3.8, 4) is 0 Å². The molecule has 1 aromatic heterocycles. The highest BCUT2D eigenvalue weighted by molar-refractivity contribution is 7.22. The van der Waals surface area contributed by atoms with E-state index < -0.39 is 35.4 Å². The molecule has 0 fully saturated rings. The zero-order chi connectivity index (χ0) is 25.8. The Kier molecular flexibility index (Phi) is 8.47. The highest BCUT2D eigenvalue weighted by Crippen LogP contribution is 2.28. The van der Waals surface area contributed by atoms with Gasteiger partial charge in [0, 0.05) is 24.7 Å². The molecular formula is C23H25ClF2N4O4S. The molecule has 8 nitrogen and oxygen atoms in total. The van der Waals surface area contributed by atoms with Crippen molar-refractivity contribution in [2.24, 2.45) is 0 Å². The number of anilines is 1. The summed E-state index contributed by atoms with van der Waals surface area (Å²) >= 11 is 7.08. The Morgan fingerprint density at radius 3 is 2.63 bits per heavy atom. The standard InChI is InChI=1S/C23H25ClF2N4O4S/c1-23(2,33)10-14(30(3)21(31)27-11-13-6-4-5-7-15(13)24)12-34-22(32)29-20-28-18-8-16(25)17(26)9-19(18)35-20/h4-9,14,33H,10-12H2,1-3H3,(H,27,31)(H,28,29,32). The van der Waals surface area contributed by atoms with Gasteiger partial charge in [-0.25, -0.2) is 23.4 Å². The van der Waals surface area contributed by atoms with Crippen LogP contribution in [0.25, 0.3) is 10.2 Å². The molecule has 1 atom stereocenters.